The molecule has 1 atom stereocenters. The fourth-order valence-corrected chi connectivity index (χ4v) is 1.58. The van der Waals surface area contributed by atoms with Gasteiger partial charge in [0, 0.05) is 25.6 Å². The fraction of sp³-hybridized carbons (Fsp3) is 0.455. The Morgan fingerprint density at radius 3 is 2.73 bits per heavy atom. The van der Waals surface area contributed by atoms with Crippen molar-refractivity contribution in [3.63, 3.8) is 0 Å². The van der Waals surface area contributed by atoms with E-state index >= 15 is 0 Å². The zero-order valence-electron chi connectivity index (χ0n) is 8.93. The van der Waals surface area contributed by atoms with Crippen molar-refractivity contribution in [3.05, 3.63) is 29.3 Å². The van der Waals surface area contributed by atoms with Crippen LogP contribution in [0.15, 0.2) is 18.2 Å². The summed E-state index contributed by atoms with van der Waals surface area (Å²) in [6, 6.07) is 5.50. The van der Waals surface area contributed by atoms with Gasteiger partial charge < -0.3 is 14.0 Å². The summed E-state index contributed by atoms with van der Waals surface area (Å²) in [5, 5.41) is 9.68. The van der Waals surface area contributed by atoms with Crippen molar-refractivity contribution in [1.29, 1.82) is 0 Å². The minimum absolute atomic E-state index is 0.436. The van der Waals surface area contributed by atoms with Gasteiger partial charge in [0.05, 0.1) is 12.7 Å². The van der Waals surface area contributed by atoms with E-state index in [1.54, 1.807) is 13.2 Å². The van der Waals surface area contributed by atoms with E-state index in [2.05, 4.69) is 12.9 Å². The number of thiol groups is 1. The lowest BCUT2D eigenvalue weighted by Gasteiger charge is -2.12. The van der Waals surface area contributed by atoms with Crippen molar-refractivity contribution in [1.82, 2.24) is 0 Å². The quantitative estimate of drug-likeness (QED) is 0.601. The number of hydrogen-bond donors (Lipinski definition) is 2. The van der Waals surface area contributed by atoms with Crippen molar-refractivity contribution >= 4 is 12.9 Å². The predicted molar refractivity (Wildman–Crippen MR) is 62.0 cm³/mol. The normalized spacial score (nSPS) is 12.5. The van der Waals surface area contributed by atoms with Crippen LogP contribution in [-0.4, -0.2) is 12.2 Å². The van der Waals surface area contributed by atoms with Gasteiger partial charge in [-0.25, -0.2) is 0 Å². The Balaban J connectivity index is 2.98. The molecule has 0 spiro atoms. The van der Waals surface area contributed by atoms with Gasteiger partial charge in [0.2, 0.25) is 0 Å². The van der Waals surface area contributed by atoms with Gasteiger partial charge >= 0.3 is 0 Å². The Hall–Kier alpha value is -0.710. The van der Waals surface area contributed by atoms with E-state index in [1.165, 1.54) is 0 Å². The smallest absolute Gasteiger partial charge is 0.142 e. The second kappa shape index (κ2) is 6.00. The molecular weight excluding hydrogens is 212 g/mol. The second-order valence-corrected chi connectivity index (χ2v) is 3.50. The summed E-state index contributed by atoms with van der Waals surface area (Å²) >= 11 is 3.76. The molecule has 0 amide bonds. The van der Waals surface area contributed by atoms with Gasteiger partial charge in [0.25, 0.3) is 0 Å². The molecule has 1 aromatic rings. The first-order valence-corrected chi connectivity index (χ1v) is 5.20. The van der Waals surface area contributed by atoms with Crippen molar-refractivity contribution in [2.45, 2.75) is 26.1 Å². The standard InChI is InChI=1S/C11H16O3S/c1-3-10(12)8-4-5-11(14-15)9(6-8)7-13-2/h4-6,10,12,15H,3,7H2,1-2H3. The molecule has 1 aromatic carbocycles. The molecule has 0 saturated heterocycles. The van der Waals surface area contributed by atoms with E-state index < -0.39 is 6.10 Å². The lowest BCUT2D eigenvalue weighted by atomic mass is 10.0. The summed E-state index contributed by atoms with van der Waals surface area (Å²) in [5.74, 6) is 0.659. The summed E-state index contributed by atoms with van der Waals surface area (Å²) in [5.41, 5.74) is 1.76. The van der Waals surface area contributed by atoms with Crippen molar-refractivity contribution in [2.75, 3.05) is 7.11 Å². The van der Waals surface area contributed by atoms with Crippen LogP contribution in [0, 0.1) is 0 Å². The molecule has 0 aliphatic rings. The van der Waals surface area contributed by atoms with E-state index in [1.807, 2.05) is 19.1 Å². The Morgan fingerprint density at radius 1 is 1.47 bits per heavy atom. The van der Waals surface area contributed by atoms with Gasteiger partial charge in [-0.05, 0) is 24.1 Å². The van der Waals surface area contributed by atoms with Crippen LogP contribution < -0.4 is 4.18 Å². The highest BCUT2D eigenvalue weighted by molar-refractivity contribution is 7.75. The van der Waals surface area contributed by atoms with Gasteiger partial charge in [-0.1, -0.05) is 13.0 Å². The van der Waals surface area contributed by atoms with Crippen molar-refractivity contribution < 1.29 is 14.0 Å². The molecule has 3 nitrogen and oxygen atoms in total. The van der Waals surface area contributed by atoms with Crippen molar-refractivity contribution in [3.8, 4) is 5.75 Å². The third kappa shape index (κ3) is 3.12. The fourth-order valence-electron chi connectivity index (χ4n) is 1.40. The van der Waals surface area contributed by atoms with E-state index in [9.17, 15) is 5.11 Å². The molecule has 15 heavy (non-hydrogen) atoms. The first-order chi connectivity index (χ1) is 7.22. The SMILES string of the molecule is CCC(O)c1ccc(OS)c(COC)c1. The molecule has 84 valence electrons. The zero-order valence-corrected chi connectivity index (χ0v) is 9.83. The minimum atomic E-state index is -0.436. The molecule has 0 bridgehead atoms. The molecule has 1 rings (SSSR count). The number of aliphatic hydroxyl groups excluding tert-OH is 1. The number of methoxy groups -OCH3 is 1. The number of rotatable bonds is 5. The van der Waals surface area contributed by atoms with Gasteiger partial charge in [-0.2, -0.15) is 0 Å². The lowest BCUT2D eigenvalue weighted by Crippen LogP contribution is -1.98. The van der Waals surface area contributed by atoms with Crippen LogP contribution in [0.5, 0.6) is 5.75 Å². The Bertz CT molecular complexity index is 315. The molecule has 1 unspecified atom stereocenters. The van der Waals surface area contributed by atoms with E-state index in [4.69, 9.17) is 8.92 Å². The molecule has 0 heterocycles. The van der Waals surface area contributed by atoms with Crippen LogP contribution >= 0.6 is 12.9 Å². The number of ether oxygens (including phenoxy) is 1. The summed E-state index contributed by atoms with van der Waals surface area (Å²) in [7, 11) is 1.62. The van der Waals surface area contributed by atoms with Gasteiger partial charge in [0.15, 0.2) is 0 Å². The summed E-state index contributed by atoms with van der Waals surface area (Å²) in [6.07, 6.45) is 0.252. The van der Waals surface area contributed by atoms with Crippen LogP contribution in [0.25, 0.3) is 0 Å². The first kappa shape index (κ1) is 12.4. The highest BCUT2D eigenvalue weighted by atomic mass is 32.1. The number of benzene rings is 1. The molecule has 0 radical (unpaired) electrons. The van der Waals surface area contributed by atoms with E-state index in [0.717, 1.165) is 11.1 Å². The highest BCUT2D eigenvalue weighted by Crippen LogP contribution is 2.26. The van der Waals surface area contributed by atoms with Crippen LogP contribution in [0.4, 0.5) is 0 Å². The van der Waals surface area contributed by atoms with E-state index in [0.29, 0.717) is 18.8 Å². The minimum Gasteiger partial charge on any atom is -0.429 e. The zero-order chi connectivity index (χ0) is 11.3. The van der Waals surface area contributed by atoms with Gasteiger partial charge in [-0.3, -0.25) is 0 Å². The maximum absolute atomic E-state index is 9.68. The Kier molecular flexibility index (Phi) is 4.94. The van der Waals surface area contributed by atoms with Crippen LogP contribution in [0.2, 0.25) is 0 Å². The maximum Gasteiger partial charge on any atom is 0.142 e. The molecule has 0 saturated carbocycles. The molecule has 0 aliphatic carbocycles. The first-order valence-electron chi connectivity index (χ1n) is 4.84. The third-order valence-corrected chi connectivity index (χ3v) is 2.45. The molecule has 4 heteroatoms. The second-order valence-electron chi connectivity index (χ2n) is 3.32. The molecule has 0 aromatic heterocycles. The highest BCUT2D eigenvalue weighted by Gasteiger charge is 2.09. The average molecular weight is 228 g/mol. The Morgan fingerprint density at radius 2 is 2.20 bits per heavy atom. The topological polar surface area (TPSA) is 38.7 Å². The number of aliphatic hydroxyl groups is 1. The summed E-state index contributed by atoms with van der Waals surface area (Å²) < 4.78 is 9.94. The van der Waals surface area contributed by atoms with Gasteiger partial charge in [0.1, 0.15) is 5.75 Å². The molecule has 1 N–H and O–H groups in total. The monoisotopic (exact) mass is 228 g/mol. The third-order valence-electron chi connectivity index (χ3n) is 2.25. The van der Waals surface area contributed by atoms with Crippen LogP contribution in [0.1, 0.15) is 30.6 Å². The molecular formula is C11H16O3S. The maximum atomic E-state index is 9.68. The predicted octanol–water partition coefficient (Wildman–Crippen LogP) is 2.50. The summed E-state index contributed by atoms with van der Waals surface area (Å²) in [6.45, 7) is 2.38. The van der Waals surface area contributed by atoms with Gasteiger partial charge in [-0.15, -0.1) is 0 Å². The lowest BCUT2D eigenvalue weighted by molar-refractivity contribution is 0.171. The van der Waals surface area contributed by atoms with Crippen LogP contribution in [0.3, 0.4) is 0 Å². The molecule has 0 aliphatic heterocycles. The van der Waals surface area contributed by atoms with Crippen molar-refractivity contribution in [2.24, 2.45) is 0 Å². The summed E-state index contributed by atoms with van der Waals surface area (Å²) in [4.78, 5) is 0. The Labute approximate surface area is 95.6 Å². The van der Waals surface area contributed by atoms with Crippen LogP contribution in [-0.2, 0) is 11.3 Å². The van der Waals surface area contributed by atoms with E-state index in [-0.39, 0.29) is 0 Å². The molecule has 0 fully saturated rings. The number of hydrogen-bond acceptors (Lipinski definition) is 4. The largest absolute Gasteiger partial charge is 0.429 e. The average Bonchev–Trinajstić information content (AvgIpc) is 2.28.